The summed E-state index contributed by atoms with van der Waals surface area (Å²) in [4.78, 5) is 2.50. The highest BCUT2D eigenvalue weighted by molar-refractivity contribution is 6.19. The predicted molar refractivity (Wildman–Crippen MR) is 236 cm³/mol. The molecular formula is C54H39NO2. The SMILES string of the molecule is CC1(C)c2ccccc2-c2ccc(N(c3cccc4c3-c3c(ccc5c3oc3ccccc35)C4(C)C)c3ccc(-c4ccccc4)c4oc5ccccc5c34)cc21. The van der Waals surface area contributed by atoms with Crippen molar-refractivity contribution in [2.75, 3.05) is 4.90 Å². The fourth-order valence-electron chi connectivity index (χ4n) is 10.3. The van der Waals surface area contributed by atoms with E-state index in [1.54, 1.807) is 0 Å². The van der Waals surface area contributed by atoms with Crippen LogP contribution in [0.1, 0.15) is 49.9 Å². The van der Waals surface area contributed by atoms with Crippen molar-refractivity contribution in [1.29, 1.82) is 0 Å². The molecule has 2 heterocycles. The summed E-state index contributed by atoms with van der Waals surface area (Å²) in [5.41, 5.74) is 18.9. The molecular weight excluding hydrogens is 695 g/mol. The fraction of sp³-hybridized carbons (Fsp3) is 0.111. The number of fused-ring (bicyclic) bond motifs is 13. The second-order valence-electron chi connectivity index (χ2n) is 16.8. The molecule has 2 aromatic heterocycles. The van der Waals surface area contributed by atoms with Gasteiger partial charge in [0.2, 0.25) is 0 Å². The highest BCUT2D eigenvalue weighted by Crippen LogP contribution is 2.59. The third-order valence-electron chi connectivity index (χ3n) is 13.1. The molecule has 10 aromatic rings. The van der Waals surface area contributed by atoms with Gasteiger partial charge in [0.25, 0.3) is 0 Å². The van der Waals surface area contributed by atoms with Crippen molar-refractivity contribution in [1.82, 2.24) is 0 Å². The number of anilines is 3. The van der Waals surface area contributed by atoms with Gasteiger partial charge >= 0.3 is 0 Å². The van der Waals surface area contributed by atoms with E-state index in [2.05, 4.69) is 196 Å². The molecule has 0 aliphatic heterocycles. The molecule has 12 rings (SSSR count). The maximum atomic E-state index is 6.88. The zero-order chi connectivity index (χ0) is 38.2. The summed E-state index contributed by atoms with van der Waals surface area (Å²) in [6.45, 7) is 9.43. The Hall–Kier alpha value is -6.84. The van der Waals surface area contributed by atoms with Crippen molar-refractivity contribution < 1.29 is 8.83 Å². The molecule has 2 aliphatic carbocycles. The number of nitrogens with zero attached hydrogens (tertiary/aromatic N) is 1. The molecule has 0 saturated heterocycles. The van der Waals surface area contributed by atoms with Crippen LogP contribution in [0, 0.1) is 0 Å². The van der Waals surface area contributed by atoms with Gasteiger partial charge in [0.15, 0.2) is 0 Å². The molecule has 2 aliphatic rings. The number of hydrogen-bond donors (Lipinski definition) is 0. The van der Waals surface area contributed by atoms with Crippen molar-refractivity contribution in [3.8, 4) is 33.4 Å². The van der Waals surface area contributed by atoms with Gasteiger partial charge in [-0.05, 0) is 81.4 Å². The molecule has 3 nitrogen and oxygen atoms in total. The zero-order valence-electron chi connectivity index (χ0n) is 32.4. The Morgan fingerprint density at radius 2 is 1.04 bits per heavy atom. The van der Waals surface area contributed by atoms with Crippen LogP contribution in [0.2, 0.25) is 0 Å². The standard InChI is InChI=1S/C54H39NO2/c1-53(2)40-20-11-8-17-35(40)36-26-25-33(31-43(36)53)55(45-30-28-34(32-15-6-5-7-16-32)51-48(45)39-19-10-13-24-47(39)57-51)44-22-14-21-41-49(44)50-42(54(41,3)4)29-27-38-37-18-9-12-23-46(37)56-52(38)50/h5-31H,1-4H3. The van der Waals surface area contributed by atoms with Crippen LogP contribution in [0.25, 0.3) is 77.3 Å². The van der Waals surface area contributed by atoms with E-state index in [4.69, 9.17) is 8.83 Å². The van der Waals surface area contributed by atoms with Crippen LogP contribution in [0.3, 0.4) is 0 Å². The molecule has 0 bridgehead atoms. The summed E-state index contributed by atoms with van der Waals surface area (Å²) in [5.74, 6) is 0. The minimum Gasteiger partial charge on any atom is -0.455 e. The second kappa shape index (κ2) is 11.4. The molecule has 0 fully saturated rings. The van der Waals surface area contributed by atoms with Crippen LogP contribution in [-0.2, 0) is 10.8 Å². The maximum Gasteiger partial charge on any atom is 0.145 e. The Bertz CT molecular complexity index is 3300. The summed E-state index contributed by atoms with van der Waals surface area (Å²) in [6.07, 6.45) is 0. The van der Waals surface area contributed by atoms with Gasteiger partial charge in [-0.1, -0.05) is 149 Å². The highest BCUT2D eigenvalue weighted by atomic mass is 16.3. The van der Waals surface area contributed by atoms with Crippen LogP contribution < -0.4 is 4.90 Å². The Labute approximate surface area is 331 Å². The molecule has 8 aromatic carbocycles. The molecule has 0 amide bonds. The lowest BCUT2D eigenvalue weighted by molar-refractivity contribution is 0.653. The topological polar surface area (TPSA) is 29.5 Å². The summed E-state index contributed by atoms with van der Waals surface area (Å²) in [7, 11) is 0. The van der Waals surface area contributed by atoms with E-state index in [0.29, 0.717) is 0 Å². The van der Waals surface area contributed by atoms with Crippen molar-refractivity contribution in [3.63, 3.8) is 0 Å². The van der Waals surface area contributed by atoms with Crippen molar-refractivity contribution in [2.24, 2.45) is 0 Å². The van der Waals surface area contributed by atoms with Gasteiger partial charge in [0, 0.05) is 49.4 Å². The van der Waals surface area contributed by atoms with Gasteiger partial charge in [-0.3, -0.25) is 0 Å². The van der Waals surface area contributed by atoms with Crippen molar-refractivity contribution in [3.05, 3.63) is 186 Å². The third kappa shape index (κ3) is 4.32. The monoisotopic (exact) mass is 733 g/mol. The summed E-state index contributed by atoms with van der Waals surface area (Å²) < 4.78 is 13.7. The number of hydrogen-bond acceptors (Lipinski definition) is 3. The molecule has 0 unspecified atom stereocenters. The molecule has 0 N–H and O–H groups in total. The van der Waals surface area contributed by atoms with E-state index in [0.717, 1.165) is 72.1 Å². The molecule has 0 saturated carbocycles. The quantitative estimate of drug-likeness (QED) is 0.180. The van der Waals surface area contributed by atoms with Gasteiger partial charge < -0.3 is 13.7 Å². The summed E-state index contributed by atoms with van der Waals surface area (Å²) in [5, 5.41) is 4.46. The minimum absolute atomic E-state index is 0.171. The fourth-order valence-corrected chi connectivity index (χ4v) is 10.3. The first kappa shape index (κ1) is 32.4. The van der Waals surface area contributed by atoms with E-state index in [-0.39, 0.29) is 10.8 Å². The highest BCUT2D eigenvalue weighted by Gasteiger charge is 2.41. The largest absolute Gasteiger partial charge is 0.455 e. The number of para-hydroxylation sites is 2. The Kier molecular flexibility index (Phi) is 6.46. The average Bonchev–Trinajstić information content (AvgIpc) is 3.95. The Morgan fingerprint density at radius 3 is 1.88 bits per heavy atom. The van der Waals surface area contributed by atoms with E-state index < -0.39 is 0 Å². The first-order valence-electron chi connectivity index (χ1n) is 19.9. The normalized spacial score (nSPS) is 14.6. The first-order chi connectivity index (χ1) is 27.8. The van der Waals surface area contributed by atoms with E-state index in [1.807, 2.05) is 0 Å². The molecule has 272 valence electrons. The van der Waals surface area contributed by atoms with Gasteiger partial charge in [0.1, 0.15) is 22.3 Å². The Balaban J connectivity index is 1.21. The van der Waals surface area contributed by atoms with Crippen LogP contribution in [-0.4, -0.2) is 0 Å². The van der Waals surface area contributed by atoms with Gasteiger partial charge in [-0.2, -0.15) is 0 Å². The second-order valence-corrected chi connectivity index (χ2v) is 16.8. The van der Waals surface area contributed by atoms with Crippen LogP contribution in [0.4, 0.5) is 17.1 Å². The lowest BCUT2D eigenvalue weighted by Gasteiger charge is -2.31. The molecule has 0 spiro atoms. The number of rotatable bonds is 4. The zero-order valence-corrected chi connectivity index (χ0v) is 32.4. The Morgan fingerprint density at radius 1 is 0.404 bits per heavy atom. The van der Waals surface area contributed by atoms with E-state index in [9.17, 15) is 0 Å². The molecule has 0 atom stereocenters. The maximum absolute atomic E-state index is 6.88. The average molecular weight is 734 g/mol. The van der Waals surface area contributed by atoms with E-state index in [1.165, 1.54) is 44.5 Å². The smallest absolute Gasteiger partial charge is 0.145 e. The van der Waals surface area contributed by atoms with Crippen LogP contribution in [0.15, 0.2) is 173 Å². The lowest BCUT2D eigenvalue weighted by atomic mass is 9.82. The first-order valence-corrected chi connectivity index (χ1v) is 19.9. The number of furan rings is 2. The predicted octanol–water partition coefficient (Wildman–Crippen LogP) is 15.2. The molecule has 57 heavy (non-hydrogen) atoms. The van der Waals surface area contributed by atoms with Crippen LogP contribution in [0.5, 0.6) is 0 Å². The van der Waals surface area contributed by atoms with Gasteiger partial charge in [-0.25, -0.2) is 0 Å². The summed E-state index contributed by atoms with van der Waals surface area (Å²) >= 11 is 0. The number of benzene rings is 8. The van der Waals surface area contributed by atoms with Gasteiger partial charge in [-0.15, -0.1) is 0 Å². The van der Waals surface area contributed by atoms with Crippen LogP contribution >= 0.6 is 0 Å². The minimum atomic E-state index is -0.254. The third-order valence-corrected chi connectivity index (χ3v) is 13.1. The summed E-state index contributed by atoms with van der Waals surface area (Å²) in [6, 6.07) is 59.5. The van der Waals surface area contributed by atoms with E-state index >= 15 is 0 Å². The molecule has 3 heteroatoms. The van der Waals surface area contributed by atoms with Crippen molar-refractivity contribution >= 4 is 60.9 Å². The molecule has 0 radical (unpaired) electrons. The van der Waals surface area contributed by atoms with Gasteiger partial charge in [0.05, 0.1) is 16.8 Å². The van der Waals surface area contributed by atoms with Crippen molar-refractivity contribution in [2.45, 2.75) is 38.5 Å². The lowest BCUT2D eigenvalue weighted by Crippen LogP contribution is -2.17.